The Morgan fingerprint density at radius 3 is 2.64 bits per heavy atom. The van der Waals surface area contributed by atoms with Crippen molar-refractivity contribution >= 4 is 5.96 Å². The van der Waals surface area contributed by atoms with Crippen LogP contribution < -0.4 is 11.5 Å². The number of guanidine groups is 1. The smallest absolute Gasteiger partial charge is 0.185 e. The van der Waals surface area contributed by atoms with Crippen molar-refractivity contribution in [3.8, 4) is 0 Å². The topological polar surface area (TPSA) is 73.6 Å². The number of nitrogens with two attached hydrogens (primary N) is 2. The molecular weight excluding hydrogens is 142 g/mol. The van der Waals surface area contributed by atoms with Crippen LogP contribution in [0.3, 0.4) is 0 Å². The van der Waals surface area contributed by atoms with Crippen molar-refractivity contribution in [1.29, 1.82) is 0 Å². The third-order valence-corrected chi connectivity index (χ3v) is 1.19. The molecule has 0 aliphatic rings. The number of ether oxygens (including phenoxy) is 1. The highest BCUT2D eigenvalue weighted by atomic mass is 16.5. The third-order valence-electron chi connectivity index (χ3n) is 1.19. The summed E-state index contributed by atoms with van der Waals surface area (Å²) in [5, 5.41) is 0. The zero-order valence-electron chi connectivity index (χ0n) is 7.21. The average Bonchev–Trinajstić information content (AvgIpc) is 1.97. The predicted molar refractivity (Wildman–Crippen MR) is 46.3 cm³/mol. The van der Waals surface area contributed by atoms with Crippen molar-refractivity contribution in [3.05, 3.63) is 0 Å². The molecule has 1 unspecified atom stereocenters. The van der Waals surface area contributed by atoms with E-state index in [0.29, 0.717) is 19.1 Å². The van der Waals surface area contributed by atoms with Crippen molar-refractivity contribution in [2.75, 3.05) is 19.8 Å². The summed E-state index contributed by atoms with van der Waals surface area (Å²) >= 11 is 0. The SMILES string of the molecule is CCOCC(C)CN=C(N)N. The minimum atomic E-state index is 0.147. The van der Waals surface area contributed by atoms with Gasteiger partial charge in [-0.15, -0.1) is 0 Å². The fourth-order valence-corrected chi connectivity index (χ4v) is 0.633. The number of hydrogen-bond donors (Lipinski definition) is 2. The van der Waals surface area contributed by atoms with Crippen LogP contribution in [0.25, 0.3) is 0 Å². The molecule has 0 aliphatic heterocycles. The van der Waals surface area contributed by atoms with E-state index in [1.54, 1.807) is 0 Å². The van der Waals surface area contributed by atoms with Gasteiger partial charge in [-0.05, 0) is 12.8 Å². The van der Waals surface area contributed by atoms with Crippen LogP contribution in [0.15, 0.2) is 4.99 Å². The lowest BCUT2D eigenvalue weighted by Crippen LogP contribution is -2.24. The quantitative estimate of drug-likeness (QED) is 0.435. The lowest BCUT2D eigenvalue weighted by molar-refractivity contribution is 0.119. The van der Waals surface area contributed by atoms with Crippen molar-refractivity contribution in [2.24, 2.45) is 22.4 Å². The Morgan fingerprint density at radius 1 is 1.55 bits per heavy atom. The van der Waals surface area contributed by atoms with E-state index in [9.17, 15) is 0 Å². The van der Waals surface area contributed by atoms with Gasteiger partial charge in [-0.25, -0.2) is 0 Å². The normalized spacial score (nSPS) is 12.5. The molecule has 66 valence electrons. The van der Waals surface area contributed by atoms with E-state index in [1.807, 2.05) is 13.8 Å². The summed E-state index contributed by atoms with van der Waals surface area (Å²) in [6.07, 6.45) is 0. The molecule has 0 radical (unpaired) electrons. The van der Waals surface area contributed by atoms with Crippen LogP contribution in [0.1, 0.15) is 13.8 Å². The first kappa shape index (κ1) is 10.2. The van der Waals surface area contributed by atoms with Gasteiger partial charge in [0.2, 0.25) is 0 Å². The zero-order valence-corrected chi connectivity index (χ0v) is 7.21. The zero-order chi connectivity index (χ0) is 8.69. The summed E-state index contributed by atoms with van der Waals surface area (Å²) in [6, 6.07) is 0. The molecule has 0 saturated heterocycles. The molecule has 11 heavy (non-hydrogen) atoms. The molecule has 0 aromatic rings. The summed E-state index contributed by atoms with van der Waals surface area (Å²) in [7, 11) is 0. The summed E-state index contributed by atoms with van der Waals surface area (Å²) < 4.78 is 5.18. The Labute approximate surface area is 67.6 Å². The summed E-state index contributed by atoms with van der Waals surface area (Å²) in [5.74, 6) is 0.533. The Kier molecular flexibility index (Phi) is 5.56. The van der Waals surface area contributed by atoms with Gasteiger partial charge in [0.25, 0.3) is 0 Å². The van der Waals surface area contributed by atoms with Gasteiger partial charge < -0.3 is 16.2 Å². The molecule has 4 heteroatoms. The molecule has 0 aromatic carbocycles. The lowest BCUT2D eigenvalue weighted by atomic mass is 10.2. The number of hydrogen-bond acceptors (Lipinski definition) is 2. The molecule has 0 bridgehead atoms. The van der Waals surface area contributed by atoms with E-state index in [0.717, 1.165) is 6.61 Å². The second kappa shape index (κ2) is 5.97. The van der Waals surface area contributed by atoms with Gasteiger partial charge in [0, 0.05) is 13.2 Å². The lowest BCUT2D eigenvalue weighted by Gasteiger charge is -2.07. The van der Waals surface area contributed by atoms with Crippen LogP contribution in [0.2, 0.25) is 0 Å². The van der Waals surface area contributed by atoms with Crippen molar-refractivity contribution in [2.45, 2.75) is 13.8 Å². The molecule has 0 amide bonds. The van der Waals surface area contributed by atoms with Crippen LogP contribution in [-0.4, -0.2) is 25.7 Å². The molecule has 1 atom stereocenters. The Balaban J connectivity index is 3.36. The van der Waals surface area contributed by atoms with E-state index < -0.39 is 0 Å². The first-order valence-corrected chi connectivity index (χ1v) is 3.80. The highest BCUT2D eigenvalue weighted by Crippen LogP contribution is 1.95. The highest BCUT2D eigenvalue weighted by molar-refractivity contribution is 5.75. The minimum absolute atomic E-state index is 0.147. The highest BCUT2D eigenvalue weighted by Gasteiger charge is 1.99. The van der Waals surface area contributed by atoms with Crippen LogP contribution in [0.4, 0.5) is 0 Å². The molecule has 0 heterocycles. The molecule has 0 rings (SSSR count). The number of nitrogens with zero attached hydrogens (tertiary/aromatic N) is 1. The van der Waals surface area contributed by atoms with Crippen molar-refractivity contribution in [1.82, 2.24) is 0 Å². The van der Waals surface area contributed by atoms with Gasteiger partial charge >= 0.3 is 0 Å². The molecule has 0 aliphatic carbocycles. The van der Waals surface area contributed by atoms with Crippen molar-refractivity contribution < 1.29 is 4.74 Å². The molecule has 0 aromatic heterocycles. The maximum Gasteiger partial charge on any atom is 0.185 e. The van der Waals surface area contributed by atoms with E-state index >= 15 is 0 Å². The second-order valence-electron chi connectivity index (χ2n) is 2.53. The minimum Gasteiger partial charge on any atom is -0.381 e. The van der Waals surface area contributed by atoms with Gasteiger partial charge in [0.05, 0.1) is 6.61 Å². The Hall–Kier alpha value is -0.770. The van der Waals surface area contributed by atoms with Crippen molar-refractivity contribution in [3.63, 3.8) is 0 Å². The average molecular weight is 159 g/mol. The molecule has 4 nitrogen and oxygen atoms in total. The van der Waals surface area contributed by atoms with Gasteiger partial charge in [-0.2, -0.15) is 0 Å². The maximum atomic E-state index is 5.18. The van der Waals surface area contributed by atoms with E-state index in [4.69, 9.17) is 16.2 Å². The summed E-state index contributed by atoms with van der Waals surface area (Å²) in [6.45, 7) is 6.11. The van der Waals surface area contributed by atoms with E-state index in [1.165, 1.54) is 0 Å². The first-order valence-electron chi connectivity index (χ1n) is 3.80. The summed E-state index contributed by atoms with van der Waals surface area (Å²) in [5.41, 5.74) is 10.3. The molecule has 0 saturated carbocycles. The van der Waals surface area contributed by atoms with Gasteiger partial charge in [0.1, 0.15) is 0 Å². The third kappa shape index (κ3) is 7.12. The summed E-state index contributed by atoms with van der Waals surface area (Å²) in [4.78, 5) is 3.87. The second-order valence-corrected chi connectivity index (χ2v) is 2.53. The van der Waals surface area contributed by atoms with E-state index in [2.05, 4.69) is 4.99 Å². The maximum absolute atomic E-state index is 5.18. The molecule has 0 spiro atoms. The fraction of sp³-hybridized carbons (Fsp3) is 0.857. The van der Waals surface area contributed by atoms with Crippen LogP contribution in [-0.2, 0) is 4.74 Å². The van der Waals surface area contributed by atoms with Crippen LogP contribution >= 0.6 is 0 Å². The molecule has 0 fully saturated rings. The monoisotopic (exact) mass is 159 g/mol. The van der Waals surface area contributed by atoms with E-state index in [-0.39, 0.29) is 5.96 Å². The Bertz CT molecular complexity index is 121. The van der Waals surface area contributed by atoms with Gasteiger partial charge in [-0.3, -0.25) is 4.99 Å². The first-order chi connectivity index (χ1) is 5.16. The fourth-order valence-electron chi connectivity index (χ4n) is 0.633. The standard InChI is InChI=1S/C7H17N3O/c1-3-11-5-6(2)4-10-7(8)9/h6H,3-5H2,1-2H3,(H4,8,9,10). The predicted octanol–water partition coefficient (Wildman–Crippen LogP) is -0.0676. The number of aliphatic imine (C=N–C) groups is 1. The van der Waals surface area contributed by atoms with Crippen LogP contribution in [0.5, 0.6) is 0 Å². The Morgan fingerprint density at radius 2 is 2.18 bits per heavy atom. The molecular formula is C7H17N3O. The van der Waals surface area contributed by atoms with Gasteiger partial charge in [-0.1, -0.05) is 6.92 Å². The largest absolute Gasteiger partial charge is 0.381 e. The van der Waals surface area contributed by atoms with Gasteiger partial charge in [0.15, 0.2) is 5.96 Å². The van der Waals surface area contributed by atoms with Crippen LogP contribution in [0, 0.1) is 5.92 Å². The number of rotatable bonds is 5. The molecule has 4 N–H and O–H groups in total.